The number of hydrogen-bond acceptors (Lipinski definition) is 3. The molecule has 1 heterocycles. The van der Waals surface area contributed by atoms with Crippen LogP contribution in [0, 0.1) is 0 Å². The first kappa shape index (κ1) is 14.9. The Kier molecular flexibility index (Phi) is 5.42. The summed E-state index contributed by atoms with van der Waals surface area (Å²) in [5.74, 6) is 0. The van der Waals surface area contributed by atoms with E-state index in [4.69, 9.17) is 0 Å². The third-order valence-corrected chi connectivity index (χ3v) is 4.35. The first-order chi connectivity index (χ1) is 7.85. The molecular formula is C14H31N3. The van der Waals surface area contributed by atoms with E-state index in [1.165, 1.54) is 26.1 Å². The van der Waals surface area contributed by atoms with E-state index in [0.717, 1.165) is 6.54 Å². The molecule has 0 amide bonds. The van der Waals surface area contributed by atoms with Crippen molar-refractivity contribution < 1.29 is 0 Å². The van der Waals surface area contributed by atoms with Crippen molar-refractivity contribution >= 4 is 0 Å². The Labute approximate surface area is 108 Å². The molecule has 1 N–H and O–H groups in total. The van der Waals surface area contributed by atoms with Crippen LogP contribution in [0.2, 0.25) is 0 Å². The van der Waals surface area contributed by atoms with Gasteiger partial charge in [-0.3, -0.25) is 9.80 Å². The fourth-order valence-electron chi connectivity index (χ4n) is 2.37. The SMILES string of the molecule is CCC(C)(C)NCCN1CC(C)N(C)C(C)C1. The van der Waals surface area contributed by atoms with Gasteiger partial charge in [0.1, 0.15) is 0 Å². The molecule has 0 aromatic carbocycles. The lowest BCUT2D eigenvalue weighted by molar-refractivity contribution is 0.0596. The Hall–Kier alpha value is -0.120. The Balaban J connectivity index is 2.29. The second-order valence-electron chi connectivity index (χ2n) is 6.29. The highest BCUT2D eigenvalue weighted by molar-refractivity contribution is 4.83. The Morgan fingerprint density at radius 2 is 1.71 bits per heavy atom. The molecule has 0 radical (unpaired) electrons. The second kappa shape index (κ2) is 6.17. The summed E-state index contributed by atoms with van der Waals surface area (Å²) in [6.45, 7) is 16.1. The predicted octanol–water partition coefficient (Wildman–Crippen LogP) is 1.79. The summed E-state index contributed by atoms with van der Waals surface area (Å²) in [5.41, 5.74) is 0.282. The van der Waals surface area contributed by atoms with Gasteiger partial charge in [-0.25, -0.2) is 0 Å². The van der Waals surface area contributed by atoms with E-state index in [0.29, 0.717) is 12.1 Å². The summed E-state index contributed by atoms with van der Waals surface area (Å²) < 4.78 is 0. The van der Waals surface area contributed by atoms with Gasteiger partial charge in [-0.15, -0.1) is 0 Å². The summed E-state index contributed by atoms with van der Waals surface area (Å²) >= 11 is 0. The Morgan fingerprint density at radius 3 is 2.18 bits per heavy atom. The summed E-state index contributed by atoms with van der Waals surface area (Å²) in [5, 5.41) is 3.64. The molecule has 3 nitrogen and oxygen atoms in total. The van der Waals surface area contributed by atoms with Crippen LogP contribution in [0.5, 0.6) is 0 Å². The molecule has 0 bridgehead atoms. The number of nitrogens with one attached hydrogen (secondary N) is 1. The van der Waals surface area contributed by atoms with E-state index in [9.17, 15) is 0 Å². The molecule has 0 aromatic heterocycles. The second-order valence-corrected chi connectivity index (χ2v) is 6.29. The van der Waals surface area contributed by atoms with Gasteiger partial charge in [0, 0.05) is 43.8 Å². The minimum Gasteiger partial charge on any atom is -0.311 e. The van der Waals surface area contributed by atoms with Crippen LogP contribution >= 0.6 is 0 Å². The summed E-state index contributed by atoms with van der Waals surface area (Å²) in [6.07, 6.45) is 1.18. The van der Waals surface area contributed by atoms with Gasteiger partial charge >= 0.3 is 0 Å². The maximum Gasteiger partial charge on any atom is 0.0195 e. The topological polar surface area (TPSA) is 18.5 Å². The highest BCUT2D eigenvalue weighted by Crippen LogP contribution is 2.13. The molecule has 0 saturated carbocycles. The van der Waals surface area contributed by atoms with E-state index < -0.39 is 0 Å². The largest absolute Gasteiger partial charge is 0.311 e. The first-order valence-corrected chi connectivity index (χ1v) is 7.05. The monoisotopic (exact) mass is 241 g/mol. The Morgan fingerprint density at radius 1 is 1.18 bits per heavy atom. The van der Waals surface area contributed by atoms with Crippen LogP contribution in [-0.2, 0) is 0 Å². The average molecular weight is 241 g/mol. The molecule has 0 spiro atoms. The van der Waals surface area contributed by atoms with Gasteiger partial charge in [0.05, 0.1) is 0 Å². The quantitative estimate of drug-likeness (QED) is 0.792. The first-order valence-electron chi connectivity index (χ1n) is 7.05. The van der Waals surface area contributed by atoms with Crippen molar-refractivity contribution in [3.8, 4) is 0 Å². The number of nitrogens with zero attached hydrogens (tertiary/aromatic N) is 2. The fraction of sp³-hybridized carbons (Fsp3) is 1.00. The maximum absolute atomic E-state index is 3.64. The van der Waals surface area contributed by atoms with Crippen molar-refractivity contribution in [3.05, 3.63) is 0 Å². The molecule has 1 fully saturated rings. The molecule has 1 aliphatic heterocycles. The van der Waals surface area contributed by atoms with Gasteiger partial charge in [0.2, 0.25) is 0 Å². The van der Waals surface area contributed by atoms with Crippen LogP contribution in [0.4, 0.5) is 0 Å². The van der Waals surface area contributed by atoms with Gasteiger partial charge in [-0.2, -0.15) is 0 Å². The molecule has 2 atom stereocenters. The molecule has 102 valence electrons. The van der Waals surface area contributed by atoms with Crippen molar-refractivity contribution in [1.82, 2.24) is 15.1 Å². The molecule has 3 heteroatoms. The van der Waals surface area contributed by atoms with Gasteiger partial charge in [-0.1, -0.05) is 6.92 Å². The van der Waals surface area contributed by atoms with Crippen LogP contribution in [-0.4, -0.2) is 60.6 Å². The highest BCUT2D eigenvalue weighted by Gasteiger charge is 2.26. The van der Waals surface area contributed by atoms with Gasteiger partial charge in [0.25, 0.3) is 0 Å². The lowest BCUT2D eigenvalue weighted by Crippen LogP contribution is -2.56. The lowest BCUT2D eigenvalue weighted by Gasteiger charge is -2.42. The van der Waals surface area contributed by atoms with Gasteiger partial charge in [0.15, 0.2) is 0 Å². The minimum absolute atomic E-state index is 0.282. The summed E-state index contributed by atoms with van der Waals surface area (Å²) in [4.78, 5) is 5.08. The zero-order chi connectivity index (χ0) is 13.1. The normalized spacial score (nSPS) is 28.6. The minimum atomic E-state index is 0.282. The van der Waals surface area contributed by atoms with E-state index in [1.54, 1.807) is 0 Å². The van der Waals surface area contributed by atoms with Crippen molar-refractivity contribution in [2.75, 3.05) is 33.2 Å². The van der Waals surface area contributed by atoms with E-state index in [1.807, 2.05) is 0 Å². The fourth-order valence-corrected chi connectivity index (χ4v) is 2.37. The smallest absolute Gasteiger partial charge is 0.0195 e. The predicted molar refractivity (Wildman–Crippen MR) is 75.5 cm³/mol. The van der Waals surface area contributed by atoms with Crippen LogP contribution in [0.25, 0.3) is 0 Å². The molecule has 0 aromatic rings. The average Bonchev–Trinajstić information content (AvgIpc) is 2.25. The zero-order valence-electron chi connectivity index (χ0n) is 12.6. The standard InChI is InChI=1S/C14H31N3/c1-7-14(4,5)15-8-9-17-10-12(2)16(6)13(3)11-17/h12-13,15H,7-11H2,1-6H3. The third kappa shape index (κ3) is 4.57. The van der Waals surface area contributed by atoms with Crippen LogP contribution in [0.1, 0.15) is 41.0 Å². The number of piperazine rings is 1. The van der Waals surface area contributed by atoms with Crippen molar-refractivity contribution in [3.63, 3.8) is 0 Å². The van der Waals surface area contributed by atoms with Crippen LogP contribution in [0.15, 0.2) is 0 Å². The molecule has 1 saturated heterocycles. The maximum atomic E-state index is 3.64. The molecular weight excluding hydrogens is 210 g/mol. The van der Waals surface area contributed by atoms with Crippen LogP contribution in [0.3, 0.4) is 0 Å². The van der Waals surface area contributed by atoms with Crippen molar-refractivity contribution in [2.45, 2.75) is 58.7 Å². The molecule has 1 aliphatic rings. The molecule has 0 aliphatic carbocycles. The number of hydrogen-bond donors (Lipinski definition) is 1. The zero-order valence-corrected chi connectivity index (χ0v) is 12.6. The molecule has 17 heavy (non-hydrogen) atoms. The van der Waals surface area contributed by atoms with Crippen LogP contribution < -0.4 is 5.32 Å². The van der Waals surface area contributed by atoms with Gasteiger partial charge < -0.3 is 5.32 Å². The summed E-state index contributed by atoms with van der Waals surface area (Å²) in [7, 11) is 2.24. The van der Waals surface area contributed by atoms with E-state index >= 15 is 0 Å². The molecule has 1 rings (SSSR count). The van der Waals surface area contributed by atoms with E-state index in [-0.39, 0.29) is 5.54 Å². The number of rotatable bonds is 5. The number of likely N-dealkylation sites (N-methyl/N-ethyl adjacent to an activating group) is 1. The van der Waals surface area contributed by atoms with Gasteiger partial charge in [-0.05, 0) is 41.2 Å². The van der Waals surface area contributed by atoms with Crippen molar-refractivity contribution in [2.24, 2.45) is 0 Å². The molecule has 2 unspecified atom stereocenters. The Bertz CT molecular complexity index is 216. The van der Waals surface area contributed by atoms with Crippen molar-refractivity contribution in [1.29, 1.82) is 0 Å². The third-order valence-electron chi connectivity index (χ3n) is 4.35. The highest BCUT2D eigenvalue weighted by atomic mass is 15.3. The lowest BCUT2D eigenvalue weighted by atomic mass is 10.0. The van der Waals surface area contributed by atoms with E-state index in [2.05, 4.69) is 56.8 Å². The summed E-state index contributed by atoms with van der Waals surface area (Å²) in [6, 6.07) is 1.36.